The first-order chi connectivity index (χ1) is 13.3. The number of hydrogen-bond donors (Lipinski definition) is 0. The van der Waals surface area contributed by atoms with Crippen LogP contribution in [0.2, 0.25) is 0 Å². The molecule has 0 N–H and O–H groups in total. The molecule has 1 fully saturated rings. The Balaban J connectivity index is 2.11. The minimum absolute atomic E-state index is 0.591. The Morgan fingerprint density at radius 1 is 1.11 bits per heavy atom. The third-order valence-corrected chi connectivity index (χ3v) is 6.03. The van der Waals surface area contributed by atoms with Gasteiger partial charge in [-0.1, -0.05) is 74.2 Å². The highest BCUT2D eigenvalue weighted by Crippen LogP contribution is 2.45. The molecule has 0 aliphatic heterocycles. The monoisotopic (exact) mass is 353 g/mol. The minimum atomic E-state index is 0.591. The van der Waals surface area contributed by atoms with E-state index in [9.17, 15) is 0 Å². The van der Waals surface area contributed by atoms with Crippen LogP contribution in [-0.2, 0) is 6.54 Å². The molecular weight excluding hydrogens is 326 g/mol. The maximum Gasteiger partial charge on any atom is 0.0841 e. The standard InChI is InChI=1S/C26H27N/c1-4-18-27-23-17-11-12-19(3)24(23)25(21-14-7-6-8-15-21)26(27)22-16-10-9-13-20(22)5-2/h1,5,9-13,16-17,21H,2,6-8,14-15,18H2,3H3. The lowest BCUT2D eigenvalue weighted by atomic mass is 9.81. The molecule has 1 nitrogen and oxygen atoms in total. The maximum absolute atomic E-state index is 5.80. The molecule has 1 heteroatoms. The van der Waals surface area contributed by atoms with E-state index in [0.717, 1.165) is 0 Å². The van der Waals surface area contributed by atoms with Crippen molar-refractivity contribution in [3.63, 3.8) is 0 Å². The summed E-state index contributed by atoms with van der Waals surface area (Å²) in [7, 11) is 0. The third-order valence-electron chi connectivity index (χ3n) is 6.03. The molecule has 1 aliphatic rings. The van der Waals surface area contributed by atoms with Crippen molar-refractivity contribution in [2.24, 2.45) is 0 Å². The maximum atomic E-state index is 5.80. The van der Waals surface area contributed by atoms with Gasteiger partial charge in [0.2, 0.25) is 0 Å². The summed E-state index contributed by atoms with van der Waals surface area (Å²) in [5, 5.41) is 1.41. The van der Waals surface area contributed by atoms with E-state index in [4.69, 9.17) is 6.42 Å². The van der Waals surface area contributed by atoms with Gasteiger partial charge in [0.25, 0.3) is 0 Å². The fourth-order valence-corrected chi connectivity index (χ4v) is 4.84. The van der Waals surface area contributed by atoms with Crippen LogP contribution in [0.4, 0.5) is 0 Å². The zero-order valence-corrected chi connectivity index (χ0v) is 16.2. The summed E-state index contributed by atoms with van der Waals surface area (Å²) in [6.07, 6.45) is 14.3. The van der Waals surface area contributed by atoms with Crippen molar-refractivity contribution in [1.82, 2.24) is 4.57 Å². The Labute approximate surface area is 162 Å². The summed E-state index contributed by atoms with van der Waals surface area (Å²) in [5.74, 6) is 3.50. The lowest BCUT2D eigenvalue weighted by Gasteiger charge is -2.24. The molecule has 27 heavy (non-hydrogen) atoms. The molecule has 1 saturated carbocycles. The summed E-state index contributed by atoms with van der Waals surface area (Å²) in [6.45, 7) is 6.88. The van der Waals surface area contributed by atoms with Gasteiger partial charge in [-0.15, -0.1) is 6.42 Å². The molecule has 4 rings (SSSR count). The van der Waals surface area contributed by atoms with Gasteiger partial charge in [-0.05, 0) is 48.4 Å². The summed E-state index contributed by atoms with van der Waals surface area (Å²) >= 11 is 0. The fourth-order valence-electron chi connectivity index (χ4n) is 4.84. The highest BCUT2D eigenvalue weighted by molar-refractivity contribution is 5.96. The predicted molar refractivity (Wildman–Crippen MR) is 117 cm³/mol. The molecule has 0 atom stereocenters. The van der Waals surface area contributed by atoms with Gasteiger partial charge >= 0.3 is 0 Å². The summed E-state index contributed by atoms with van der Waals surface area (Å²) in [4.78, 5) is 0. The highest BCUT2D eigenvalue weighted by Gasteiger charge is 2.27. The molecule has 3 aromatic rings. The quantitative estimate of drug-likeness (QED) is 0.448. The van der Waals surface area contributed by atoms with Gasteiger partial charge in [-0.3, -0.25) is 0 Å². The minimum Gasteiger partial charge on any atom is -0.328 e. The number of hydrogen-bond acceptors (Lipinski definition) is 0. The van der Waals surface area contributed by atoms with Gasteiger partial charge in [0.1, 0.15) is 0 Å². The van der Waals surface area contributed by atoms with E-state index in [1.807, 2.05) is 6.08 Å². The first-order valence-corrected chi connectivity index (χ1v) is 10.0. The van der Waals surface area contributed by atoms with Crippen molar-refractivity contribution in [3.05, 3.63) is 65.7 Å². The van der Waals surface area contributed by atoms with Crippen molar-refractivity contribution in [2.45, 2.75) is 51.5 Å². The SMILES string of the molecule is C#CCn1c(-c2ccccc2C=C)c(C2CCCCC2)c2c(C)cccc21. The van der Waals surface area contributed by atoms with Gasteiger partial charge < -0.3 is 4.57 Å². The van der Waals surface area contributed by atoms with Crippen LogP contribution in [0.15, 0.2) is 49.0 Å². The number of aryl methyl sites for hydroxylation is 1. The van der Waals surface area contributed by atoms with Crippen LogP contribution in [0.3, 0.4) is 0 Å². The van der Waals surface area contributed by atoms with Gasteiger partial charge in [-0.2, -0.15) is 0 Å². The molecule has 0 radical (unpaired) electrons. The number of aromatic nitrogens is 1. The van der Waals surface area contributed by atoms with E-state index in [-0.39, 0.29) is 0 Å². The van der Waals surface area contributed by atoms with E-state index in [1.54, 1.807) is 0 Å². The Hall–Kier alpha value is -2.72. The van der Waals surface area contributed by atoms with Crippen LogP contribution < -0.4 is 0 Å². The Morgan fingerprint density at radius 3 is 2.63 bits per heavy atom. The van der Waals surface area contributed by atoms with Crippen molar-refractivity contribution in [2.75, 3.05) is 0 Å². The van der Waals surface area contributed by atoms with Gasteiger partial charge in [0.05, 0.1) is 12.2 Å². The van der Waals surface area contributed by atoms with Gasteiger partial charge in [0, 0.05) is 16.5 Å². The van der Waals surface area contributed by atoms with E-state index < -0.39 is 0 Å². The Morgan fingerprint density at radius 2 is 1.89 bits per heavy atom. The predicted octanol–water partition coefficient (Wildman–Crippen LogP) is 6.94. The molecule has 0 amide bonds. The highest BCUT2D eigenvalue weighted by atomic mass is 15.0. The second-order valence-electron chi connectivity index (χ2n) is 7.65. The summed E-state index contributed by atoms with van der Waals surface area (Å²) < 4.78 is 2.36. The fraction of sp³-hybridized carbons (Fsp3) is 0.308. The number of nitrogens with zero attached hydrogens (tertiary/aromatic N) is 1. The molecule has 0 saturated heterocycles. The molecule has 136 valence electrons. The lowest BCUT2D eigenvalue weighted by Crippen LogP contribution is -2.07. The van der Waals surface area contributed by atoms with Crippen LogP contribution in [0, 0.1) is 19.3 Å². The molecule has 0 spiro atoms. The number of terminal acetylenes is 1. The molecule has 1 aliphatic carbocycles. The normalized spacial score (nSPS) is 15.0. The number of fused-ring (bicyclic) bond motifs is 1. The van der Waals surface area contributed by atoms with Crippen molar-refractivity contribution >= 4 is 17.0 Å². The smallest absolute Gasteiger partial charge is 0.0841 e. The largest absolute Gasteiger partial charge is 0.328 e. The second kappa shape index (κ2) is 7.49. The van der Waals surface area contributed by atoms with E-state index in [2.05, 4.69) is 66.5 Å². The second-order valence-corrected chi connectivity index (χ2v) is 7.65. The first-order valence-electron chi connectivity index (χ1n) is 10.0. The first kappa shape index (κ1) is 17.7. The van der Waals surface area contributed by atoms with Crippen LogP contribution in [-0.4, -0.2) is 4.57 Å². The van der Waals surface area contributed by atoms with Crippen LogP contribution in [0.25, 0.3) is 28.2 Å². The van der Waals surface area contributed by atoms with Crippen molar-refractivity contribution in [1.29, 1.82) is 0 Å². The third kappa shape index (κ3) is 3.00. The van der Waals surface area contributed by atoms with Crippen LogP contribution in [0.5, 0.6) is 0 Å². The van der Waals surface area contributed by atoms with Crippen LogP contribution >= 0.6 is 0 Å². The Kier molecular flexibility index (Phi) is 4.90. The number of benzene rings is 2. The van der Waals surface area contributed by atoms with Gasteiger partial charge in [-0.25, -0.2) is 0 Å². The van der Waals surface area contributed by atoms with E-state index >= 15 is 0 Å². The van der Waals surface area contributed by atoms with Crippen molar-refractivity contribution in [3.8, 4) is 23.6 Å². The summed E-state index contributed by atoms with van der Waals surface area (Å²) in [6, 6.07) is 15.2. The van der Waals surface area contributed by atoms with Gasteiger partial charge in [0.15, 0.2) is 0 Å². The van der Waals surface area contributed by atoms with Crippen LogP contribution in [0.1, 0.15) is 54.7 Å². The molecule has 1 aromatic heterocycles. The summed E-state index contributed by atoms with van der Waals surface area (Å²) in [5.41, 5.74) is 7.85. The average Bonchev–Trinajstić information content (AvgIpc) is 3.04. The lowest BCUT2D eigenvalue weighted by molar-refractivity contribution is 0.445. The zero-order chi connectivity index (χ0) is 18.8. The van der Waals surface area contributed by atoms with E-state index in [1.165, 1.54) is 71.0 Å². The molecule has 0 unspecified atom stereocenters. The zero-order valence-electron chi connectivity index (χ0n) is 16.2. The topological polar surface area (TPSA) is 4.93 Å². The average molecular weight is 354 g/mol. The molecule has 2 aromatic carbocycles. The van der Waals surface area contributed by atoms with E-state index in [0.29, 0.717) is 12.5 Å². The number of rotatable bonds is 4. The molecular formula is C26H27N. The molecule has 0 bridgehead atoms. The Bertz CT molecular complexity index is 1020. The molecule has 1 heterocycles. The van der Waals surface area contributed by atoms with Crippen molar-refractivity contribution < 1.29 is 0 Å².